The topological polar surface area (TPSA) is 151 Å². The van der Waals surface area contributed by atoms with E-state index in [-0.39, 0.29) is 68.9 Å². The molecule has 16 heteroatoms. The number of carbonyl (C=O) groups is 2. The Kier molecular flexibility index (Phi) is 9.01. The van der Waals surface area contributed by atoms with Crippen LogP contribution in [0.2, 0.25) is 0 Å². The highest BCUT2D eigenvalue weighted by Crippen LogP contribution is 2.69. The van der Waals surface area contributed by atoms with Crippen molar-refractivity contribution in [2.24, 2.45) is 0 Å². The number of fused-ring (bicyclic) bond motifs is 6. The number of hydrogen-bond acceptors (Lipinski definition) is 14. The van der Waals surface area contributed by atoms with E-state index in [1.54, 1.807) is 99.0 Å². The van der Waals surface area contributed by atoms with Crippen LogP contribution in [0.3, 0.4) is 0 Å². The highest BCUT2D eigenvalue weighted by molar-refractivity contribution is 6.04. The van der Waals surface area contributed by atoms with Gasteiger partial charge in [-0.25, -0.2) is 0 Å². The van der Waals surface area contributed by atoms with Crippen molar-refractivity contribution in [2.45, 2.75) is 151 Å². The first kappa shape index (κ1) is 42.5. The number of carbonyl (C=O) groups excluding carboxylic acids is 2. The molecule has 0 saturated heterocycles. The van der Waals surface area contributed by atoms with Crippen LogP contribution in [-0.4, -0.2) is 82.5 Å². The highest BCUT2D eigenvalue weighted by atomic mass is 16.8. The molecule has 6 heterocycles. The first-order valence-electron chi connectivity index (χ1n) is 21.8. The van der Waals surface area contributed by atoms with Gasteiger partial charge in [0.25, 0.3) is 11.8 Å². The predicted octanol–water partition coefficient (Wildman–Crippen LogP) is 8.87. The Labute approximate surface area is 367 Å². The molecule has 0 atom stereocenters. The van der Waals surface area contributed by atoms with Crippen LogP contribution in [0.15, 0.2) is 6.07 Å². The van der Waals surface area contributed by atoms with Gasteiger partial charge in [-0.15, -0.1) is 0 Å². The van der Waals surface area contributed by atoms with Crippen molar-refractivity contribution in [1.82, 2.24) is 9.80 Å². The third-order valence-corrected chi connectivity index (χ3v) is 11.5. The van der Waals surface area contributed by atoms with Crippen molar-refractivity contribution in [1.29, 1.82) is 0 Å². The van der Waals surface area contributed by atoms with Gasteiger partial charge in [-0.05, 0) is 27.7 Å². The van der Waals surface area contributed by atoms with Gasteiger partial charge in [0.1, 0.15) is 11.1 Å². The lowest BCUT2D eigenvalue weighted by atomic mass is 9.80. The maximum absolute atomic E-state index is 14.7. The summed E-state index contributed by atoms with van der Waals surface area (Å²) >= 11 is 0. The van der Waals surface area contributed by atoms with Crippen molar-refractivity contribution in [3.63, 3.8) is 0 Å². The molecule has 0 fully saturated rings. The molecule has 9 rings (SSSR count). The molecular formula is C47H58N2O14. The molecule has 340 valence electrons. The van der Waals surface area contributed by atoms with Crippen LogP contribution in [0, 0.1) is 0 Å². The monoisotopic (exact) mass is 874 g/mol. The zero-order chi connectivity index (χ0) is 45.7. The Bertz CT molecular complexity index is 2240. The number of ether oxygens (including phenoxy) is 12. The average Bonchev–Trinajstić information content (AvgIpc) is 3.97. The summed E-state index contributed by atoms with van der Waals surface area (Å²) < 4.78 is 80.6. The average molecular weight is 875 g/mol. The molecule has 6 aliphatic heterocycles. The molecule has 0 unspecified atom stereocenters. The second-order valence-corrected chi connectivity index (χ2v) is 19.2. The van der Waals surface area contributed by atoms with Gasteiger partial charge in [-0.3, -0.25) is 9.59 Å². The number of amides is 2. The minimum Gasteiger partial charge on any atom is -0.449 e. The lowest BCUT2D eigenvalue weighted by Gasteiger charge is -2.28. The number of nitrogens with zero attached hydrogens (tertiary/aromatic N) is 2. The van der Waals surface area contributed by atoms with Crippen LogP contribution in [0.4, 0.5) is 0 Å². The summed E-state index contributed by atoms with van der Waals surface area (Å²) in [6.07, 6.45) is 0. The molecule has 0 N–H and O–H groups in total. The molecule has 6 aliphatic rings. The second kappa shape index (κ2) is 13.4. The third-order valence-electron chi connectivity index (χ3n) is 11.5. The Balaban J connectivity index is 1.49. The molecule has 0 aliphatic carbocycles. The Morgan fingerprint density at radius 2 is 0.603 bits per heavy atom. The molecule has 0 radical (unpaired) electrons. The molecule has 0 spiro atoms. The van der Waals surface area contributed by atoms with Gasteiger partial charge in [0, 0.05) is 115 Å². The zero-order valence-corrected chi connectivity index (χ0v) is 39.1. The molecule has 0 aromatic heterocycles. The third kappa shape index (κ3) is 6.60. The number of benzene rings is 3. The van der Waals surface area contributed by atoms with E-state index in [0.29, 0.717) is 65.9 Å². The fourth-order valence-electron chi connectivity index (χ4n) is 9.19. The molecule has 3 aromatic rings. The standard InChI is InChI=1S/C47H58N2O14/c1-17-48(18-2)40(50)28-36-32(56-44(9,10)60-36)26(33-37(28)61-45(11,12)57-33)24(25-30-22(52-42(5,6)54-30)21-23-31(25)55-43(7,8)53-23)27-34-38(62-46(13,14)58-34)29(41(51)49(19-3)20-4)39-35(27)59-47(15,16)63-39/h21,24H,17-20H2,1-16H3. The van der Waals surface area contributed by atoms with E-state index in [9.17, 15) is 9.59 Å². The van der Waals surface area contributed by atoms with Crippen LogP contribution in [0.5, 0.6) is 69.0 Å². The fraction of sp³-hybridized carbons (Fsp3) is 0.574. The largest absolute Gasteiger partial charge is 0.449 e. The van der Waals surface area contributed by atoms with Crippen LogP contribution in [0.1, 0.15) is 154 Å². The SMILES string of the molecule is CCN(CC)C(=O)c1c2c(c(C(c3c4c(cc5c3OC(C)(C)O5)OC(C)(C)O4)c3c4c(c(C(=O)N(CC)CC)c5c3OC(C)(C)O5)OC(C)(C)O4)c3c1OC(C)(C)O3)OC(C)(C)O2. The first-order valence-corrected chi connectivity index (χ1v) is 21.8. The van der Waals surface area contributed by atoms with Gasteiger partial charge < -0.3 is 66.6 Å². The van der Waals surface area contributed by atoms with E-state index in [1.807, 2.05) is 27.7 Å². The first-order chi connectivity index (χ1) is 29.2. The molecule has 0 saturated carbocycles. The fourth-order valence-corrected chi connectivity index (χ4v) is 9.19. The van der Waals surface area contributed by atoms with Crippen LogP contribution < -0.4 is 56.8 Å². The van der Waals surface area contributed by atoms with Crippen molar-refractivity contribution in [3.8, 4) is 69.0 Å². The lowest BCUT2D eigenvalue weighted by molar-refractivity contribution is -0.0496. The summed E-state index contributed by atoms with van der Waals surface area (Å²) in [7, 11) is 0. The maximum atomic E-state index is 14.7. The Morgan fingerprint density at radius 1 is 0.381 bits per heavy atom. The smallest absolute Gasteiger partial charge is 0.261 e. The molecule has 16 nitrogen and oxygen atoms in total. The van der Waals surface area contributed by atoms with E-state index < -0.39 is 40.6 Å². The second-order valence-electron chi connectivity index (χ2n) is 19.2. The molecule has 63 heavy (non-hydrogen) atoms. The molecule has 3 aromatic carbocycles. The van der Waals surface area contributed by atoms with Gasteiger partial charge in [0.2, 0.25) is 34.7 Å². The van der Waals surface area contributed by atoms with Crippen LogP contribution in [-0.2, 0) is 0 Å². The highest BCUT2D eigenvalue weighted by Gasteiger charge is 2.56. The summed E-state index contributed by atoms with van der Waals surface area (Å²) in [6.45, 7) is 30.5. The summed E-state index contributed by atoms with van der Waals surface area (Å²) in [4.78, 5) is 32.9. The molecule has 0 bridgehead atoms. The summed E-state index contributed by atoms with van der Waals surface area (Å²) in [5.74, 6) is -6.61. The summed E-state index contributed by atoms with van der Waals surface area (Å²) in [5, 5.41) is 0. The molecular weight excluding hydrogens is 817 g/mol. The van der Waals surface area contributed by atoms with E-state index in [0.717, 1.165) is 0 Å². The lowest BCUT2D eigenvalue weighted by Crippen LogP contribution is -2.33. The maximum Gasteiger partial charge on any atom is 0.261 e. The van der Waals surface area contributed by atoms with Crippen LogP contribution in [0.25, 0.3) is 0 Å². The quantitative estimate of drug-likeness (QED) is 0.188. The number of rotatable bonds is 9. The summed E-state index contributed by atoms with van der Waals surface area (Å²) in [5.41, 5.74) is 1.38. The number of hydrogen-bond donors (Lipinski definition) is 0. The van der Waals surface area contributed by atoms with Gasteiger partial charge in [-0.1, -0.05) is 0 Å². The summed E-state index contributed by atoms with van der Waals surface area (Å²) in [6, 6.07) is 1.74. The van der Waals surface area contributed by atoms with E-state index in [4.69, 9.17) is 56.8 Å². The zero-order valence-electron chi connectivity index (χ0n) is 39.1. The van der Waals surface area contributed by atoms with Gasteiger partial charge >= 0.3 is 0 Å². The minimum atomic E-state index is -1.29. The van der Waals surface area contributed by atoms with E-state index >= 15 is 0 Å². The Morgan fingerprint density at radius 3 is 0.873 bits per heavy atom. The minimum absolute atomic E-state index is 0.143. The van der Waals surface area contributed by atoms with Crippen LogP contribution >= 0.6 is 0 Å². The Hall–Kier alpha value is -5.80. The van der Waals surface area contributed by atoms with Crippen molar-refractivity contribution in [3.05, 3.63) is 33.9 Å². The predicted molar refractivity (Wildman–Crippen MR) is 227 cm³/mol. The van der Waals surface area contributed by atoms with Gasteiger partial charge in [0.05, 0.1) is 22.6 Å². The van der Waals surface area contributed by atoms with Crippen molar-refractivity contribution >= 4 is 11.8 Å². The van der Waals surface area contributed by atoms with Crippen molar-refractivity contribution < 1.29 is 66.4 Å². The van der Waals surface area contributed by atoms with Crippen molar-refractivity contribution in [2.75, 3.05) is 26.2 Å². The molecule has 2 amide bonds. The van der Waals surface area contributed by atoms with Gasteiger partial charge in [-0.2, -0.15) is 0 Å². The van der Waals surface area contributed by atoms with Gasteiger partial charge in [0.15, 0.2) is 69.0 Å². The normalized spacial score (nSPS) is 20.3. The van der Waals surface area contributed by atoms with E-state index in [2.05, 4.69) is 0 Å². The van der Waals surface area contributed by atoms with E-state index in [1.165, 1.54) is 0 Å².